The molecule has 1 aliphatic carbocycles. The number of pyridine rings is 1. The molecule has 1 fully saturated rings. The first kappa shape index (κ1) is 22.8. The van der Waals surface area contributed by atoms with E-state index in [4.69, 9.17) is 9.52 Å². The number of furan rings is 1. The number of nitrogens with zero attached hydrogens (tertiary/aromatic N) is 1. The van der Waals surface area contributed by atoms with Gasteiger partial charge in [-0.2, -0.15) is 0 Å². The molecule has 0 saturated heterocycles. The van der Waals surface area contributed by atoms with E-state index in [9.17, 15) is 14.0 Å². The number of anilines is 1. The molecule has 1 aromatic carbocycles. The average Bonchev–Trinajstić information content (AvgIpc) is 3.13. The first-order valence-corrected chi connectivity index (χ1v) is 11.3. The molecular weight excluding hydrogens is 425 g/mol. The molecule has 3 N–H and O–H groups in total. The standard InChI is InChI=1S/C25H28FN3O4/c1-15-19-13-17(26)7-10-21(19)33-24(15)23(16-5-3-2-4-6-16)29-18-8-9-20(28-14-18)25(32)27-12-11-22(30)31/h7-10,13-14,16,23,29H,2-6,11-12H2,1H3,(H,27,32)(H,30,31). The number of carboxylic acid groups (broad SMARTS) is 1. The summed E-state index contributed by atoms with van der Waals surface area (Å²) >= 11 is 0. The summed E-state index contributed by atoms with van der Waals surface area (Å²) in [5.41, 5.74) is 2.56. The van der Waals surface area contributed by atoms with Gasteiger partial charge in [0.1, 0.15) is 22.9 Å². The molecule has 3 aromatic rings. The second kappa shape index (κ2) is 10.0. The van der Waals surface area contributed by atoms with Crippen LogP contribution in [0.5, 0.6) is 0 Å². The largest absolute Gasteiger partial charge is 0.481 e. The van der Waals surface area contributed by atoms with Crippen molar-refractivity contribution in [2.24, 2.45) is 5.92 Å². The lowest BCUT2D eigenvalue weighted by molar-refractivity contribution is -0.136. The van der Waals surface area contributed by atoms with Crippen LogP contribution in [0.1, 0.15) is 66.4 Å². The molecule has 1 unspecified atom stereocenters. The number of halogens is 1. The van der Waals surface area contributed by atoms with Crippen LogP contribution < -0.4 is 10.6 Å². The predicted octanol–water partition coefficient (Wildman–Crippen LogP) is 5.21. The van der Waals surface area contributed by atoms with E-state index in [0.29, 0.717) is 11.5 Å². The fraction of sp³-hybridized carbons (Fsp3) is 0.400. The zero-order chi connectivity index (χ0) is 23.4. The third kappa shape index (κ3) is 5.32. The average molecular weight is 454 g/mol. The lowest BCUT2D eigenvalue weighted by atomic mass is 9.82. The summed E-state index contributed by atoms with van der Waals surface area (Å²) in [6.07, 6.45) is 7.13. The molecule has 0 bridgehead atoms. The fourth-order valence-electron chi connectivity index (χ4n) is 4.54. The third-order valence-electron chi connectivity index (χ3n) is 6.28. The maximum Gasteiger partial charge on any atom is 0.305 e. The highest BCUT2D eigenvalue weighted by Gasteiger charge is 2.30. The summed E-state index contributed by atoms with van der Waals surface area (Å²) < 4.78 is 20.0. The number of aryl methyl sites for hydroxylation is 1. The van der Waals surface area contributed by atoms with Crippen LogP contribution in [-0.4, -0.2) is 28.5 Å². The summed E-state index contributed by atoms with van der Waals surface area (Å²) in [6, 6.07) is 7.87. The van der Waals surface area contributed by atoms with Crippen molar-refractivity contribution in [2.45, 2.75) is 51.5 Å². The first-order valence-electron chi connectivity index (χ1n) is 11.3. The van der Waals surface area contributed by atoms with Crippen molar-refractivity contribution in [3.8, 4) is 0 Å². The second-order valence-corrected chi connectivity index (χ2v) is 8.58. The van der Waals surface area contributed by atoms with Crippen LogP contribution in [0.2, 0.25) is 0 Å². The molecule has 1 atom stereocenters. The number of aliphatic carboxylic acids is 1. The van der Waals surface area contributed by atoms with E-state index >= 15 is 0 Å². The maximum absolute atomic E-state index is 13.8. The quantitative estimate of drug-likeness (QED) is 0.432. The highest BCUT2D eigenvalue weighted by molar-refractivity contribution is 5.92. The number of fused-ring (bicyclic) bond motifs is 1. The van der Waals surface area contributed by atoms with Crippen LogP contribution in [-0.2, 0) is 4.79 Å². The zero-order valence-electron chi connectivity index (χ0n) is 18.6. The molecule has 33 heavy (non-hydrogen) atoms. The highest BCUT2D eigenvalue weighted by Crippen LogP contribution is 2.40. The van der Waals surface area contributed by atoms with E-state index in [0.717, 1.165) is 48.1 Å². The fourth-order valence-corrected chi connectivity index (χ4v) is 4.54. The minimum absolute atomic E-state index is 0.0471. The Balaban J connectivity index is 1.56. The Morgan fingerprint density at radius 3 is 2.70 bits per heavy atom. The molecule has 2 heterocycles. The van der Waals surface area contributed by atoms with Gasteiger partial charge in [-0.15, -0.1) is 0 Å². The van der Waals surface area contributed by atoms with Gasteiger partial charge in [0.05, 0.1) is 24.3 Å². The van der Waals surface area contributed by atoms with Gasteiger partial charge in [0.2, 0.25) is 0 Å². The van der Waals surface area contributed by atoms with Gasteiger partial charge in [-0.3, -0.25) is 9.59 Å². The third-order valence-corrected chi connectivity index (χ3v) is 6.28. The molecular formula is C25H28FN3O4. The van der Waals surface area contributed by atoms with Crippen molar-refractivity contribution in [2.75, 3.05) is 11.9 Å². The summed E-state index contributed by atoms with van der Waals surface area (Å²) in [5.74, 6) is -0.511. The number of benzene rings is 1. The molecule has 7 nitrogen and oxygen atoms in total. The summed E-state index contributed by atoms with van der Waals surface area (Å²) in [4.78, 5) is 27.0. The van der Waals surface area contributed by atoms with Gasteiger partial charge < -0.3 is 20.2 Å². The van der Waals surface area contributed by atoms with Gasteiger partial charge in [-0.25, -0.2) is 9.37 Å². The number of carbonyl (C=O) groups excluding carboxylic acids is 1. The molecule has 0 aliphatic heterocycles. The Morgan fingerprint density at radius 1 is 1.21 bits per heavy atom. The first-order chi connectivity index (χ1) is 15.9. The predicted molar refractivity (Wildman–Crippen MR) is 123 cm³/mol. The Hall–Kier alpha value is -3.42. The molecule has 1 saturated carbocycles. The molecule has 0 radical (unpaired) electrons. The Labute approximate surface area is 191 Å². The molecule has 2 aromatic heterocycles. The number of carbonyl (C=O) groups is 2. The van der Waals surface area contributed by atoms with E-state index in [-0.39, 0.29) is 30.5 Å². The molecule has 1 aliphatic rings. The SMILES string of the molecule is Cc1c(C(Nc2ccc(C(=O)NCCC(=O)O)nc2)C2CCCCC2)oc2ccc(F)cc12. The maximum atomic E-state index is 13.8. The van der Waals surface area contributed by atoms with Crippen molar-refractivity contribution in [3.05, 3.63) is 59.4 Å². The normalized spacial score (nSPS) is 15.3. The number of nitrogens with one attached hydrogen (secondary N) is 2. The minimum Gasteiger partial charge on any atom is -0.481 e. The number of aromatic nitrogens is 1. The van der Waals surface area contributed by atoms with Crippen molar-refractivity contribution in [1.29, 1.82) is 0 Å². The number of hydrogen-bond donors (Lipinski definition) is 3. The van der Waals surface area contributed by atoms with Crippen LogP contribution in [0.25, 0.3) is 11.0 Å². The molecule has 0 spiro atoms. The lowest BCUT2D eigenvalue weighted by Crippen LogP contribution is -2.27. The van der Waals surface area contributed by atoms with Crippen LogP contribution in [0.4, 0.5) is 10.1 Å². The Bertz CT molecular complexity index is 1140. The number of amides is 1. The Kier molecular flexibility index (Phi) is 6.91. The molecule has 8 heteroatoms. The molecule has 1 amide bonds. The number of hydrogen-bond acceptors (Lipinski definition) is 5. The topological polar surface area (TPSA) is 104 Å². The monoisotopic (exact) mass is 453 g/mol. The van der Waals surface area contributed by atoms with Crippen LogP contribution >= 0.6 is 0 Å². The Morgan fingerprint density at radius 2 is 2.00 bits per heavy atom. The van der Waals surface area contributed by atoms with Crippen LogP contribution in [0.15, 0.2) is 40.9 Å². The molecule has 174 valence electrons. The lowest BCUT2D eigenvalue weighted by Gasteiger charge is -2.30. The highest BCUT2D eigenvalue weighted by atomic mass is 19.1. The van der Waals surface area contributed by atoms with Crippen LogP contribution in [0.3, 0.4) is 0 Å². The molecule has 4 rings (SSSR count). The van der Waals surface area contributed by atoms with Gasteiger partial charge in [0, 0.05) is 17.5 Å². The van der Waals surface area contributed by atoms with E-state index in [1.807, 2.05) is 6.92 Å². The number of carboxylic acids is 1. The summed E-state index contributed by atoms with van der Waals surface area (Å²) in [7, 11) is 0. The van der Waals surface area contributed by atoms with Crippen LogP contribution in [0, 0.1) is 18.7 Å². The van der Waals surface area contributed by atoms with E-state index < -0.39 is 11.9 Å². The van der Waals surface area contributed by atoms with Crippen molar-refractivity contribution in [1.82, 2.24) is 10.3 Å². The smallest absolute Gasteiger partial charge is 0.305 e. The minimum atomic E-state index is -0.972. The van der Waals surface area contributed by atoms with E-state index in [2.05, 4.69) is 15.6 Å². The summed E-state index contributed by atoms with van der Waals surface area (Å²) in [6.45, 7) is 2.01. The van der Waals surface area contributed by atoms with Gasteiger partial charge in [0.25, 0.3) is 5.91 Å². The van der Waals surface area contributed by atoms with Crippen molar-refractivity contribution >= 4 is 28.5 Å². The van der Waals surface area contributed by atoms with Gasteiger partial charge in [0.15, 0.2) is 0 Å². The van der Waals surface area contributed by atoms with Gasteiger partial charge in [-0.1, -0.05) is 19.3 Å². The van der Waals surface area contributed by atoms with E-state index in [1.165, 1.54) is 18.6 Å². The van der Waals surface area contributed by atoms with Gasteiger partial charge in [-0.05, 0) is 56.0 Å². The van der Waals surface area contributed by atoms with Crippen molar-refractivity contribution in [3.63, 3.8) is 0 Å². The summed E-state index contributed by atoms with van der Waals surface area (Å²) in [5, 5.41) is 15.6. The zero-order valence-corrected chi connectivity index (χ0v) is 18.6. The second-order valence-electron chi connectivity index (χ2n) is 8.58. The van der Waals surface area contributed by atoms with Gasteiger partial charge >= 0.3 is 5.97 Å². The van der Waals surface area contributed by atoms with Crippen molar-refractivity contribution < 1.29 is 23.5 Å². The van der Waals surface area contributed by atoms with E-state index in [1.54, 1.807) is 24.4 Å². The number of rotatable bonds is 8.